The molecule has 0 unspecified atom stereocenters. The van der Waals surface area contributed by atoms with E-state index in [4.69, 9.17) is 42.6 Å². The van der Waals surface area contributed by atoms with Crippen molar-refractivity contribution in [2.75, 3.05) is 13.2 Å². The number of esters is 8. The fourth-order valence-corrected chi connectivity index (χ4v) is 9.65. The molecule has 0 aromatic carbocycles. The number of nitrogens with zero attached hydrogens (tertiary/aromatic N) is 2. The number of carbonyl (C=O) groups excluding carboxylic acids is 8. The molecule has 1 saturated heterocycles. The van der Waals surface area contributed by atoms with E-state index in [1.165, 1.54) is 56.7 Å². The molecule has 4 heterocycles. The molecule has 2 saturated carbocycles. The summed E-state index contributed by atoms with van der Waals surface area (Å²) in [6, 6.07) is 5.51. The summed E-state index contributed by atoms with van der Waals surface area (Å²) >= 11 is 0. The minimum Gasteiger partial charge on any atom is -0.465 e. The van der Waals surface area contributed by atoms with Gasteiger partial charge in [0.15, 0.2) is 30.0 Å². The fourth-order valence-electron chi connectivity index (χ4n) is 9.65. The summed E-state index contributed by atoms with van der Waals surface area (Å²) in [5, 5.41) is 13.6. The Hall–Kier alpha value is -6.02. The monoisotopic (exact) mass is 868 g/mol. The van der Waals surface area contributed by atoms with Gasteiger partial charge in [-0.3, -0.25) is 38.7 Å². The van der Waals surface area contributed by atoms with Crippen LogP contribution < -0.4 is 0 Å². The molecule has 20 nitrogen and oxygen atoms in total. The first-order chi connectivity index (χ1) is 29.1. The van der Waals surface area contributed by atoms with Gasteiger partial charge in [0.05, 0.1) is 28.7 Å². The van der Waals surface area contributed by atoms with Crippen LogP contribution in [0.15, 0.2) is 42.9 Å². The van der Waals surface area contributed by atoms with Gasteiger partial charge in [-0.2, -0.15) is 0 Å². The Morgan fingerprint density at radius 2 is 1.39 bits per heavy atom. The highest BCUT2D eigenvalue weighted by Gasteiger charge is 2.92. The van der Waals surface area contributed by atoms with E-state index >= 15 is 0 Å². The Bertz CT molecular complexity index is 2140. The lowest BCUT2D eigenvalue weighted by Gasteiger charge is -2.67. The Morgan fingerprint density at radius 3 is 1.98 bits per heavy atom. The molecule has 1 N–H and O–H groups in total. The molecule has 3 fully saturated rings. The van der Waals surface area contributed by atoms with E-state index in [0.717, 1.165) is 41.5 Å². The molecule has 334 valence electrons. The van der Waals surface area contributed by atoms with E-state index in [-0.39, 0.29) is 29.7 Å². The molecule has 2 aliphatic carbocycles. The van der Waals surface area contributed by atoms with E-state index in [1.807, 2.05) is 0 Å². The van der Waals surface area contributed by atoms with E-state index in [9.17, 15) is 43.5 Å². The van der Waals surface area contributed by atoms with Gasteiger partial charge in [0.25, 0.3) is 0 Å². The molecule has 20 heteroatoms. The summed E-state index contributed by atoms with van der Waals surface area (Å²) in [4.78, 5) is 117. The van der Waals surface area contributed by atoms with Gasteiger partial charge in [0.2, 0.25) is 0 Å². The van der Waals surface area contributed by atoms with Gasteiger partial charge in [0, 0.05) is 53.2 Å². The van der Waals surface area contributed by atoms with Gasteiger partial charge < -0.3 is 47.7 Å². The third kappa shape index (κ3) is 7.73. The van der Waals surface area contributed by atoms with Gasteiger partial charge >= 0.3 is 47.8 Å². The highest BCUT2D eigenvalue weighted by Crippen LogP contribution is 2.70. The number of pyridine rings is 2. The minimum absolute atomic E-state index is 0.0180. The molecule has 2 aromatic heterocycles. The van der Waals surface area contributed by atoms with E-state index in [0.29, 0.717) is 0 Å². The number of hydrogen-bond donors (Lipinski definition) is 1. The van der Waals surface area contributed by atoms with Crippen LogP contribution in [-0.4, -0.2) is 129 Å². The Balaban J connectivity index is 1.77. The highest BCUT2D eigenvalue weighted by atomic mass is 16.7. The SMILES string of the molecule is CC(=O)OC[C@]12[C@H](OC(C)=O)[C@H](OC(C)=O)[C@@H]3[C@@H](OC(C)=O)[C@@]14O[C@]3(C)COC(=O)c1cccnc1CC[C@H](C)C(=O)O[C@H]([C@H](OC(=O)c1ccncc1)[C@H]2OC(C)=O)[C@]4(C)O. The molecule has 12 atom stereocenters. The van der Waals surface area contributed by atoms with Crippen LogP contribution in [0.3, 0.4) is 0 Å². The third-order valence-corrected chi connectivity index (χ3v) is 12.0. The number of aromatic nitrogens is 2. The van der Waals surface area contributed by atoms with Crippen molar-refractivity contribution in [1.29, 1.82) is 0 Å². The predicted molar refractivity (Wildman–Crippen MR) is 203 cm³/mol. The molecule has 4 aliphatic rings. The van der Waals surface area contributed by atoms with Crippen LogP contribution in [0.25, 0.3) is 0 Å². The van der Waals surface area contributed by atoms with Crippen molar-refractivity contribution >= 4 is 47.8 Å². The maximum absolute atomic E-state index is 14.4. The number of hydrogen-bond acceptors (Lipinski definition) is 20. The second kappa shape index (κ2) is 17.0. The van der Waals surface area contributed by atoms with Crippen molar-refractivity contribution in [3.05, 3.63) is 59.7 Å². The van der Waals surface area contributed by atoms with Crippen molar-refractivity contribution < 1.29 is 86.1 Å². The summed E-state index contributed by atoms with van der Waals surface area (Å²) in [6.45, 7) is 7.10. The largest absolute Gasteiger partial charge is 0.465 e. The van der Waals surface area contributed by atoms with E-state index < -0.39 is 132 Å². The van der Waals surface area contributed by atoms with Crippen LogP contribution >= 0.6 is 0 Å². The Kier molecular flexibility index (Phi) is 12.5. The van der Waals surface area contributed by atoms with Gasteiger partial charge in [-0.25, -0.2) is 9.59 Å². The van der Waals surface area contributed by atoms with Crippen LogP contribution in [0.4, 0.5) is 0 Å². The maximum Gasteiger partial charge on any atom is 0.340 e. The minimum atomic E-state index is -2.87. The number of cyclic esters (lactones) is 1. The molecule has 0 amide bonds. The predicted octanol–water partition coefficient (Wildman–Crippen LogP) is 1.55. The van der Waals surface area contributed by atoms with Crippen molar-refractivity contribution in [2.24, 2.45) is 17.3 Å². The molecular formula is C42H48N2O18. The zero-order valence-electron chi connectivity index (χ0n) is 35.3. The number of aryl methyl sites for hydroxylation is 1. The van der Waals surface area contributed by atoms with Crippen LogP contribution in [0.2, 0.25) is 0 Å². The van der Waals surface area contributed by atoms with Gasteiger partial charge in [-0.15, -0.1) is 0 Å². The van der Waals surface area contributed by atoms with Gasteiger partial charge in [-0.1, -0.05) is 6.92 Å². The summed E-state index contributed by atoms with van der Waals surface area (Å²) < 4.78 is 55.2. The lowest BCUT2D eigenvalue weighted by Crippen LogP contribution is -2.89. The Labute approximate surface area is 355 Å². The molecule has 0 radical (unpaired) electrons. The molecule has 6 rings (SSSR count). The lowest BCUT2D eigenvalue weighted by molar-refractivity contribution is -0.386. The summed E-state index contributed by atoms with van der Waals surface area (Å²) in [5.41, 5.74) is -10.2. The van der Waals surface area contributed by atoms with E-state index in [1.54, 1.807) is 0 Å². The first-order valence-corrected chi connectivity index (χ1v) is 19.8. The van der Waals surface area contributed by atoms with Crippen molar-refractivity contribution in [2.45, 2.75) is 122 Å². The standard InChI is InChI=1S/C42H48N2O18/c1-20-11-12-28-27(10-9-15-44-28)38(52)55-18-39(7)29-30(56-22(3)46)34(58-24(5)48)41(19-54-21(2)45)35(59-25(6)49)31(60-37(51)26-13-16-43-17-14-26)33(61-36(20)50)40(8,53)42(41,62-39)32(29)57-23(4)47/h9-10,13-17,20,29-35,53H,11-12,18-19H2,1-8H3/t20-,29+,30+,31-,32+,33+,34+,35+,39+,40-,41+,42-/m0/s1. The Morgan fingerprint density at radius 1 is 0.790 bits per heavy atom. The van der Waals surface area contributed by atoms with Crippen LogP contribution in [-0.2, 0) is 77.8 Å². The van der Waals surface area contributed by atoms with E-state index in [2.05, 4.69) is 9.97 Å². The zero-order chi connectivity index (χ0) is 45.5. The van der Waals surface area contributed by atoms with Crippen molar-refractivity contribution in [3.63, 3.8) is 0 Å². The van der Waals surface area contributed by atoms with Gasteiger partial charge in [-0.05, 0) is 51.0 Å². The molecule has 2 aromatic rings. The number of fused-ring (bicyclic) bond motifs is 5. The average molecular weight is 869 g/mol. The van der Waals surface area contributed by atoms with Crippen LogP contribution in [0.5, 0.6) is 0 Å². The number of aliphatic hydroxyl groups is 1. The van der Waals surface area contributed by atoms with Crippen LogP contribution in [0, 0.1) is 17.3 Å². The maximum atomic E-state index is 14.4. The highest BCUT2D eigenvalue weighted by molar-refractivity contribution is 5.91. The number of rotatable bonds is 8. The third-order valence-electron chi connectivity index (χ3n) is 12.0. The first kappa shape index (κ1) is 45.5. The fraction of sp³-hybridized carbons (Fsp3) is 0.571. The molecular weight excluding hydrogens is 820 g/mol. The topological polar surface area (TPSA) is 266 Å². The number of carbonyl (C=O) groups is 8. The number of ether oxygens (including phenoxy) is 9. The summed E-state index contributed by atoms with van der Waals surface area (Å²) in [7, 11) is 0. The average Bonchev–Trinajstić information content (AvgIpc) is 3.41. The quantitative estimate of drug-likeness (QED) is 0.291. The normalized spacial score (nSPS) is 35.0. The lowest BCUT2D eigenvalue weighted by atomic mass is 9.45. The zero-order valence-corrected chi connectivity index (χ0v) is 35.3. The second-order valence-electron chi connectivity index (χ2n) is 16.3. The first-order valence-electron chi connectivity index (χ1n) is 19.8. The molecule has 2 aliphatic heterocycles. The molecule has 1 spiro atoms. The smallest absolute Gasteiger partial charge is 0.340 e. The van der Waals surface area contributed by atoms with Crippen molar-refractivity contribution in [1.82, 2.24) is 9.97 Å². The molecule has 62 heavy (non-hydrogen) atoms. The summed E-state index contributed by atoms with van der Waals surface area (Å²) in [6.07, 6.45) is -8.18. The summed E-state index contributed by atoms with van der Waals surface area (Å²) in [5.74, 6) is -10.8. The van der Waals surface area contributed by atoms with Gasteiger partial charge in [0.1, 0.15) is 42.0 Å². The van der Waals surface area contributed by atoms with Crippen LogP contribution in [0.1, 0.15) is 88.2 Å². The molecule has 4 bridgehead atoms. The second-order valence-corrected chi connectivity index (χ2v) is 16.3. The van der Waals surface area contributed by atoms with Crippen molar-refractivity contribution in [3.8, 4) is 0 Å².